The van der Waals surface area contributed by atoms with E-state index in [-0.39, 0.29) is 11.9 Å². The van der Waals surface area contributed by atoms with Crippen LogP contribution in [0.5, 0.6) is 0 Å². The van der Waals surface area contributed by atoms with Crippen molar-refractivity contribution in [2.75, 3.05) is 6.61 Å². The Kier molecular flexibility index (Phi) is 48.4. The number of carbonyl (C=O) groups is 1. The molecule has 0 bridgehead atoms. The molecule has 0 amide bonds. The zero-order chi connectivity index (χ0) is 40.7. The molecule has 56 heavy (non-hydrogen) atoms. The maximum Gasteiger partial charge on any atom is 0.308 e. The number of hydrogen-bond acceptors (Lipinski definition) is 2. The average Bonchev–Trinajstić information content (AvgIpc) is 3.19. The van der Waals surface area contributed by atoms with Crippen LogP contribution in [0.3, 0.4) is 0 Å². The fourth-order valence-corrected chi connectivity index (χ4v) is 8.79. The first-order valence-corrected chi connectivity index (χ1v) is 26.8. The van der Waals surface area contributed by atoms with Crippen LogP contribution in [0.25, 0.3) is 0 Å². The van der Waals surface area contributed by atoms with Gasteiger partial charge < -0.3 is 4.74 Å². The van der Waals surface area contributed by atoms with Crippen LogP contribution in [0.2, 0.25) is 0 Å². The summed E-state index contributed by atoms with van der Waals surface area (Å²) in [6.45, 7) is 9.94. The fourth-order valence-electron chi connectivity index (χ4n) is 8.79. The molecule has 336 valence electrons. The summed E-state index contributed by atoms with van der Waals surface area (Å²) >= 11 is 0. The van der Waals surface area contributed by atoms with Crippen molar-refractivity contribution in [3.05, 3.63) is 0 Å². The Morgan fingerprint density at radius 1 is 0.304 bits per heavy atom. The third kappa shape index (κ3) is 46.2. The Labute approximate surface area is 355 Å². The molecule has 2 nitrogen and oxygen atoms in total. The molecule has 0 fully saturated rings. The summed E-state index contributed by atoms with van der Waals surface area (Å²) in [6, 6.07) is 0. The highest BCUT2D eigenvalue weighted by molar-refractivity contribution is 5.72. The van der Waals surface area contributed by atoms with E-state index in [0.717, 1.165) is 25.2 Å². The average molecular weight is 789 g/mol. The highest BCUT2D eigenvalue weighted by Gasteiger charge is 2.19. The van der Waals surface area contributed by atoms with Crippen molar-refractivity contribution in [3.63, 3.8) is 0 Å². The minimum atomic E-state index is 0.126. The van der Waals surface area contributed by atoms with Gasteiger partial charge in [0.25, 0.3) is 0 Å². The fraction of sp³-hybridized carbons (Fsp3) is 0.981. The summed E-state index contributed by atoms with van der Waals surface area (Å²) in [7, 11) is 0. The summed E-state index contributed by atoms with van der Waals surface area (Å²) in [5, 5.41) is 0. The molecular formula is C54H108O2. The van der Waals surface area contributed by atoms with Gasteiger partial charge in [-0.05, 0) is 25.2 Å². The maximum absolute atomic E-state index is 13.2. The van der Waals surface area contributed by atoms with E-state index in [9.17, 15) is 4.79 Å². The summed E-state index contributed by atoms with van der Waals surface area (Å²) in [5.74, 6) is 1.13. The van der Waals surface area contributed by atoms with Crippen molar-refractivity contribution < 1.29 is 9.53 Å². The van der Waals surface area contributed by atoms with Crippen LogP contribution in [-0.4, -0.2) is 12.6 Å². The van der Waals surface area contributed by atoms with Crippen LogP contribution < -0.4 is 0 Å². The molecule has 1 atom stereocenters. The van der Waals surface area contributed by atoms with Crippen LogP contribution >= 0.6 is 0 Å². The molecule has 0 spiro atoms. The Morgan fingerprint density at radius 3 is 0.768 bits per heavy atom. The molecule has 0 aliphatic heterocycles. The van der Waals surface area contributed by atoms with Gasteiger partial charge >= 0.3 is 5.97 Å². The van der Waals surface area contributed by atoms with Gasteiger partial charge in [0.05, 0.1) is 12.5 Å². The number of hydrogen-bond donors (Lipinski definition) is 0. The van der Waals surface area contributed by atoms with Crippen LogP contribution in [-0.2, 0) is 9.53 Å². The number of rotatable bonds is 49. The zero-order valence-electron chi connectivity index (χ0n) is 39.7. The van der Waals surface area contributed by atoms with Crippen LogP contribution in [0, 0.1) is 11.8 Å². The van der Waals surface area contributed by atoms with Gasteiger partial charge in [0.1, 0.15) is 0 Å². The van der Waals surface area contributed by atoms with Crippen molar-refractivity contribution in [2.24, 2.45) is 11.8 Å². The third-order valence-electron chi connectivity index (χ3n) is 12.8. The predicted octanol–water partition coefficient (Wildman–Crippen LogP) is 19.8. The first-order chi connectivity index (χ1) is 27.6. The van der Waals surface area contributed by atoms with E-state index in [2.05, 4.69) is 27.7 Å². The van der Waals surface area contributed by atoms with Gasteiger partial charge in [0.15, 0.2) is 0 Å². The molecule has 2 heteroatoms. The number of carbonyl (C=O) groups excluding carboxylic acids is 1. The first kappa shape index (κ1) is 55.5. The zero-order valence-corrected chi connectivity index (χ0v) is 39.7. The summed E-state index contributed by atoms with van der Waals surface area (Å²) in [4.78, 5) is 13.2. The normalized spacial score (nSPS) is 12.2. The lowest BCUT2D eigenvalue weighted by Crippen LogP contribution is -2.18. The van der Waals surface area contributed by atoms with E-state index in [1.807, 2.05) is 0 Å². The number of unbranched alkanes of at least 4 members (excludes halogenated alkanes) is 40. The highest BCUT2D eigenvalue weighted by Crippen LogP contribution is 2.22. The molecule has 0 aromatic carbocycles. The second-order valence-electron chi connectivity index (χ2n) is 19.1. The van der Waals surface area contributed by atoms with Gasteiger partial charge in [0, 0.05) is 0 Å². The van der Waals surface area contributed by atoms with Gasteiger partial charge in [-0.25, -0.2) is 0 Å². The van der Waals surface area contributed by atoms with Gasteiger partial charge in [-0.15, -0.1) is 0 Å². The molecule has 0 radical (unpaired) electrons. The molecule has 0 aromatic rings. The largest absolute Gasteiger partial charge is 0.465 e. The van der Waals surface area contributed by atoms with E-state index >= 15 is 0 Å². The molecule has 0 rings (SSSR count). The van der Waals surface area contributed by atoms with Crippen molar-refractivity contribution in [1.29, 1.82) is 0 Å². The van der Waals surface area contributed by atoms with Gasteiger partial charge in [-0.3, -0.25) is 4.79 Å². The molecule has 0 aliphatic carbocycles. The Hall–Kier alpha value is -0.530. The molecular weight excluding hydrogens is 681 g/mol. The molecule has 0 aliphatic rings. The van der Waals surface area contributed by atoms with Gasteiger partial charge in [-0.2, -0.15) is 0 Å². The van der Waals surface area contributed by atoms with E-state index in [0.29, 0.717) is 6.61 Å². The second-order valence-corrected chi connectivity index (χ2v) is 19.1. The lowest BCUT2D eigenvalue weighted by Gasteiger charge is -2.16. The SMILES string of the molecule is CCCCCCCCCCCCCCCCCCOC(=O)C(CCCCCCCCCCCCCCCC)CCCCCCCCCCCCCCCC(C)C. The van der Waals surface area contributed by atoms with E-state index in [1.165, 1.54) is 276 Å². The lowest BCUT2D eigenvalue weighted by atomic mass is 9.94. The molecule has 0 aromatic heterocycles. The third-order valence-corrected chi connectivity index (χ3v) is 12.8. The van der Waals surface area contributed by atoms with E-state index < -0.39 is 0 Å². The van der Waals surface area contributed by atoms with Gasteiger partial charge in [-0.1, -0.05) is 304 Å². The summed E-state index contributed by atoms with van der Waals surface area (Å²) in [5.41, 5.74) is 0. The predicted molar refractivity (Wildman–Crippen MR) is 253 cm³/mol. The van der Waals surface area contributed by atoms with E-state index in [4.69, 9.17) is 4.74 Å². The molecule has 0 saturated heterocycles. The monoisotopic (exact) mass is 789 g/mol. The minimum absolute atomic E-state index is 0.126. The minimum Gasteiger partial charge on any atom is -0.465 e. The summed E-state index contributed by atoms with van der Waals surface area (Å²) in [6.07, 6.45) is 63.1. The number of esters is 1. The van der Waals surface area contributed by atoms with Crippen LogP contribution in [0.15, 0.2) is 0 Å². The van der Waals surface area contributed by atoms with Gasteiger partial charge in [0.2, 0.25) is 0 Å². The maximum atomic E-state index is 13.2. The van der Waals surface area contributed by atoms with Crippen molar-refractivity contribution in [3.8, 4) is 0 Å². The topological polar surface area (TPSA) is 26.3 Å². The Morgan fingerprint density at radius 2 is 0.518 bits per heavy atom. The number of ether oxygens (including phenoxy) is 1. The molecule has 0 N–H and O–H groups in total. The molecule has 1 unspecified atom stereocenters. The highest BCUT2D eigenvalue weighted by atomic mass is 16.5. The lowest BCUT2D eigenvalue weighted by molar-refractivity contribution is -0.149. The second kappa shape index (κ2) is 48.8. The van der Waals surface area contributed by atoms with Crippen LogP contribution in [0.1, 0.15) is 323 Å². The van der Waals surface area contributed by atoms with E-state index in [1.54, 1.807) is 0 Å². The standard InChI is InChI=1S/C54H108O2/c1-5-7-9-11-13-15-17-19-21-22-27-31-35-39-43-47-51-56-54(55)53(49-45-41-37-33-29-25-20-18-16-14-12-10-8-6-2)50-46-42-38-34-30-26-23-24-28-32-36-40-44-48-52(3)4/h52-53H,5-51H2,1-4H3. The Balaban J connectivity index is 4.07. The molecule has 0 heterocycles. The van der Waals surface area contributed by atoms with Crippen LogP contribution in [0.4, 0.5) is 0 Å². The molecule has 0 saturated carbocycles. The van der Waals surface area contributed by atoms with Crippen molar-refractivity contribution in [1.82, 2.24) is 0 Å². The Bertz CT molecular complexity index is 715. The quantitative estimate of drug-likeness (QED) is 0.0453. The summed E-state index contributed by atoms with van der Waals surface area (Å²) < 4.78 is 5.93. The van der Waals surface area contributed by atoms with Crippen molar-refractivity contribution >= 4 is 5.97 Å². The smallest absolute Gasteiger partial charge is 0.308 e. The van der Waals surface area contributed by atoms with Crippen molar-refractivity contribution in [2.45, 2.75) is 323 Å². The first-order valence-electron chi connectivity index (χ1n) is 26.8.